The van der Waals surface area contributed by atoms with Gasteiger partial charge in [0, 0.05) is 6.54 Å². The van der Waals surface area contributed by atoms with Crippen LogP contribution in [0.3, 0.4) is 0 Å². The van der Waals surface area contributed by atoms with E-state index in [0.717, 1.165) is 25.6 Å². The quantitative estimate of drug-likeness (QED) is 0.709. The molecule has 1 aromatic rings. The lowest BCUT2D eigenvalue weighted by molar-refractivity contribution is 0.392. The van der Waals surface area contributed by atoms with Crippen LogP contribution in [0.15, 0.2) is 30.3 Å². The lowest BCUT2D eigenvalue weighted by Gasteiger charge is -2.15. The molecule has 1 aliphatic rings. The predicted molar refractivity (Wildman–Crippen MR) is 72.7 cm³/mol. The first kappa shape index (κ1) is 12.6. The second-order valence-corrected chi connectivity index (χ2v) is 5.27. The van der Waals surface area contributed by atoms with E-state index >= 15 is 0 Å². The van der Waals surface area contributed by atoms with Gasteiger partial charge in [-0.2, -0.15) is 0 Å². The Hall–Kier alpha value is -0.860. The van der Waals surface area contributed by atoms with Gasteiger partial charge in [-0.15, -0.1) is 0 Å². The molecule has 0 bridgehead atoms. The molecule has 94 valence electrons. The molecule has 2 unspecified atom stereocenters. The molecule has 2 heteroatoms. The van der Waals surface area contributed by atoms with Crippen LogP contribution in [-0.2, 0) is 6.54 Å². The van der Waals surface area contributed by atoms with Crippen LogP contribution in [0.5, 0.6) is 0 Å². The Balaban J connectivity index is 1.67. The van der Waals surface area contributed by atoms with Crippen molar-refractivity contribution in [1.29, 1.82) is 0 Å². The molecule has 2 nitrogen and oxygen atoms in total. The minimum atomic E-state index is 0.568. The fourth-order valence-corrected chi connectivity index (χ4v) is 2.85. The molecule has 1 saturated carbocycles. The second kappa shape index (κ2) is 5.65. The maximum atomic E-state index is 5.76. The summed E-state index contributed by atoms with van der Waals surface area (Å²) in [6.45, 7) is 5.26. The summed E-state index contributed by atoms with van der Waals surface area (Å²) in [5, 5.41) is 3.54. The number of benzene rings is 1. The maximum absolute atomic E-state index is 5.76. The highest BCUT2D eigenvalue weighted by atomic mass is 14.9. The number of hydrogen-bond acceptors (Lipinski definition) is 2. The van der Waals surface area contributed by atoms with E-state index in [0.29, 0.717) is 5.41 Å². The van der Waals surface area contributed by atoms with Crippen LogP contribution in [0, 0.1) is 11.3 Å². The smallest absolute Gasteiger partial charge is 0.0205 e. The zero-order valence-electron chi connectivity index (χ0n) is 10.8. The average Bonchev–Trinajstić information content (AvgIpc) is 3.10. The maximum Gasteiger partial charge on any atom is 0.0205 e. The Morgan fingerprint density at radius 3 is 2.71 bits per heavy atom. The zero-order chi connectivity index (χ0) is 12.1. The highest BCUT2D eigenvalue weighted by molar-refractivity contribution is 5.14. The Bertz CT molecular complexity index is 336. The third-order valence-electron chi connectivity index (χ3n) is 4.32. The number of rotatable bonds is 7. The third kappa shape index (κ3) is 3.08. The van der Waals surface area contributed by atoms with Gasteiger partial charge >= 0.3 is 0 Å². The number of nitrogens with two attached hydrogens (primary N) is 1. The van der Waals surface area contributed by atoms with Crippen molar-refractivity contribution in [2.45, 2.75) is 32.7 Å². The second-order valence-electron chi connectivity index (χ2n) is 5.27. The summed E-state index contributed by atoms with van der Waals surface area (Å²) in [6, 6.07) is 10.6. The molecule has 0 heterocycles. The van der Waals surface area contributed by atoms with E-state index in [2.05, 4.69) is 42.6 Å². The van der Waals surface area contributed by atoms with Crippen LogP contribution in [0.4, 0.5) is 0 Å². The molecular formula is C15H24N2. The van der Waals surface area contributed by atoms with Crippen molar-refractivity contribution in [2.24, 2.45) is 17.1 Å². The minimum absolute atomic E-state index is 0.568. The number of nitrogens with one attached hydrogen (secondary N) is 1. The van der Waals surface area contributed by atoms with Crippen molar-refractivity contribution >= 4 is 0 Å². The largest absolute Gasteiger partial charge is 0.330 e. The summed E-state index contributed by atoms with van der Waals surface area (Å²) in [6.07, 6.45) is 3.90. The number of hydrogen-bond donors (Lipinski definition) is 2. The SMILES string of the molecule is CCC1(CCNCc2ccccc2)CC1CN. The highest BCUT2D eigenvalue weighted by Crippen LogP contribution is 2.56. The van der Waals surface area contributed by atoms with Crippen molar-refractivity contribution in [3.05, 3.63) is 35.9 Å². The first-order valence-corrected chi connectivity index (χ1v) is 6.75. The molecule has 3 N–H and O–H groups in total. The van der Waals surface area contributed by atoms with Crippen LogP contribution < -0.4 is 11.1 Å². The van der Waals surface area contributed by atoms with Crippen LogP contribution in [0.2, 0.25) is 0 Å². The Morgan fingerprint density at radius 1 is 1.35 bits per heavy atom. The van der Waals surface area contributed by atoms with Gasteiger partial charge in [0.2, 0.25) is 0 Å². The van der Waals surface area contributed by atoms with E-state index in [4.69, 9.17) is 5.73 Å². The van der Waals surface area contributed by atoms with E-state index in [-0.39, 0.29) is 0 Å². The summed E-state index contributed by atoms with van der Waals surface area (Å²) in [5.74, 6) is 0.783. The first-order valence-electron chi connectivity index (χ1n) is 6.75. The molecule has 0 radical (unpaired) electrons. The van der Waals surface area contributed by atoms with Crippen molar-refractivity contribution in [3.63, 3.8) is 0 Å². The van der Waals surface area contributed by atoms with Crippen LogP contribution in [0.25, 0.3) is 0 Å². The van der Waals surface area contributed by atoms with Crippen LogP contribution >= 0.6 is 0 Å². The van der Waals surface area contributed by atoms with E-state index in [9.17, 15) is 0 Å². The first-order chi connectivity index (χ1) is 8.30. The predicted octanol–water partition coefficient (Wildman–Crippen LogP) is 2.54. The molecule has 0 spiro atoms. The Labute approximate surface area is 105 Å². The van der Waals surface area contributed by atoms with Gasteiger partial charge < -0.3 is 11.1 Å². The molecular weight excluding hydrogens is 208 g/mol. The van der Waals surface area contributed by atoms with E-state index in [1.165, 1.54) is 24.8 Å². The summed E-state index contributed by atoms with van der Waals surface area (Å²) in [4.78, 5) is 0. The van der Waals surface area contributed by atoms with Crippen molar-refractivity contribution in [2.75, 3.05) is 13.1 Å². The van der Waals surface area contributed by atoms with Gasteiger partial charge in [0.15, 0.2) is 0 Å². The normalized spacial score (nSPS) is 27.1. The minimum Gasteiger partial charge on any atom is -0.330 e. The van der Waals surface area contributed by atoms with Gasteiger partial charge in [0.1, 0.15) is 0 Å². The zero-order valence-corrected chi connectivity index (χ0v) is 10.8. The van der Waals surface area contributed by atoms with Crippen LogP contribution in [0.1, 0.15) is 31.7 Å². The summed E-state index contributed by atoms with van der Waals surface area (Å²) in [7, 11) is 0. The van der Waals surface area contributed by atoms with E-state index in [1.807, 2.05) is 0 Å². The lowest BCUT2D eigenvalue weighted by Crippen LogP contribution is -2.20. The van der Waals surface area contributed by atoms with Gasteiger partial charge in [0.05, 0.1) is 0 Å². The van der Waals surface area contributed by atoms with Gasteiger partial charge in [-0.25, -0.2) is 0 Å². The molecule has 0 saturated heterocycles. The molecule has 2 rings (SSSR count). The Morgan fingerprint density at radius 2 is 2.12 bits per heavy atom. The van der Waals surface area contributed by atoms with Crippen LogP contribution in [-0.4, -0.2) is 13.1 Å². The fraction of sp³-hybridized carbons (Fsp3) is 0.600. The molecule has 17 heavy (non-hydrogen) atoms. The average molecular weight is 232 g/mol. The molecule has 0 aromatic heterocycles. The molecule has 1 fully saturated rings. The van der Waals surface area contributed by atoms with Crippen molar-refractivity contribution in [1.82, 2.24) is 5.32 Å². The lowest BCUT2D eigenvalue weighted by atomic mass is 9.96. The topological polar surface area (TPSA) is 38.0 Å². The summed E-state index contributed by atoms with van der Waals surface area (Å²) >= 11 is 0. The van der Waals surface area contributed by atoms with E-state index in [1.54, 1.807) is 0 Å². The van der Waals surface area contributed by atoms with Gasteiger partial charge in [-0.05, 0) is 42.8 Å². The molecule has 0 amide bonds. The third-order valence-corrected chi connectivity index (χ3v) is 4.32. The molecule has 0 aliphatic heterocycles. The summed E-state index contributed by atoms with van der Waals surface area (Å²) in [5.41, 5.74) is 7.69. The summed E-state index contributed by atoms with van der Waals surface area (Å²) < 4.78 is 0. The standard InChI is InChI=1S/C15H24N2/c1-2-15(10-14(15)11-16)8-9-17-12-13-6-4-3-5-7-13/h3-7,14,17H,2,8-12,16H2,1H3. The molecule has 1 aromatic carbocycles. The van der Waals surface area contributed by atoms with Gasteiger partial charge in [-0.1, -0.05) is 43.7 Å². The molecule has 1 aliphatic carbocycles. The monoisotopic (exact) mass is 232 g/mol. The van der Waals surface area contributed by atoms with Crippen molar-refractivity contribution < 1.29 is 0 Å². The highest BCUT2D eigenvalue weighted by Gasteiger charge is 2.50. The Kier molecular flexibility index (Phi) is 4.19. The fourth-order valence-electron chi connectivity index (χ4n) is 2.85. The molecule has 2 atom stereocenters. The van der Waals surface area contributed by atoms with Gasteiger partial charge in [0.25, 0.3) is 0 Å². The van der Waals surface area contributed by atoms with E-state index < -0.39 is 0 Å². The van der Waals surface area contributed by atoms with Gasteiger partial charge in [-0.3, -0.25) is 0 Å². The van der Waals surface area contributed by atoms with Crippen molar-refractivity contribution in [3.8, 4) is 0 Å².